The lowest BCUT2D eigenvalue weighted by Gasteiger charge is -2.14. The molecule has 3 aromatic rings. The molecular formula is C19H22N4O3. The predicted octanol–water partition coefficient (Wildman–Crippen LogP) is 3.26. The maximum atomic E-state index is 12.5. The van der Waals surface area contributed by atoms with Crippen LogP contribution in [0, 0.1) is 0 Å². The van der Waals surface area contributed by atoms with Crippen molar-refractivity contribution >= 4 is 5.91 Å². The van der Waals surface area contributed by atoms with Gasteiger partial charge in [-0.05, 0) is 12.1 Å². The lowest BCUT2D eigenvalue weighted by Crippen LogP contribution is -2.26. The van der Waals surface area contributed by atoms with E-state index in [1.54, 1.807) is 36.0 Å². The van der Waals surface area contributed by atoms with Crippen molar-refractivity contribution in [3.05, 3.63) is 59.7 Å². The minimum absolute atomic E-state index is 0.185. The Morgan fingerprint density at radius 2 is 2.15 bits per heavy atom. The molecule has 0 saturated heterocycles. The number of amides is 1. The molecule has 1 aromatic carbocycles. The van der Waals surface area contributed by atoms with E-state index in [4.69, 9.17) is 9.26 Å². The summed E-state index contributed by atoms with van der Waals surface area (Å²) in [7, 11) is 3.36. The molecule has 3 rings (SSSR count). The smallest absolute Gasteiger partial charge is 0.276 e. The molecule has 7 nitrogen and oxygen atoms in total. The Bertz CT molecular complexity index is 898. The molecule has 0 N–H and O–H groups in total. The molecule has 0 radical (unpaired) electrons. The summed E-state index contributed by atoms with van der Waals surface area (Å²) in [5, 5.41) is 8.23. The Morgan fingerprint density at radius 1 is 1.35 bits per heavy atom. The molecule has 136 valence electrons. The number of methoxy groups -OCH3 is 1. The van der Waals surface area contributed by atoms with E-state index in [0.717, 1.165) is 17.0 Å². The van der Waals surface area contributed by atoms with Gasteiger partial charge < -0.3 is 14.2 Å². The van der Waals surface area contributed by atoms with Gasteiger partial charge in [0.15, 0.2) is 5.69 Å². The Morgan fingerprint density at radius 3 is 2.85 bits per heavy atom. The lowest BCUT2D eigenvalue weighted by molar-refractivity contribution is 0.0774. The first-order valence-corrected chi connectivity index (χ1v) is 8.38. The van der Waals surface area contributed by atoms with Gasteiger partial charge in [0, 0.05) is 43.4 Å². The van der Waals surface area contributed by atoms with E-state index in [0.29, 0.717) is 18.0 Å². The average molecular weight is 354 g/mol. The Balaban J connectivity index is 1.70. The van der Waals surface area contributed by atoms with Gasteiger partial charge in [-0.15, -0.1) is 0 Å². The molecule has 0 atom stereocenters. The Hall–Kier alpha value is -3.09. The summed E-state index contributed by atoms with van der Waals surface area (Å²) in [6.07, 6.45) is 3.63. The SMILES string of the molecule is COc1cccc(-n2cc(CN(C)C(=O)c3cc(C(C)C)on3)cn2)c1. The van der Waals surface area contributed by atoms with Crippen LogP contribution in [0.2, 0.25) is 0 Å². The highest BCUT2D eigenvalue weighted by atomic mass is 16.5. The summed E-state index contributed by atoms with van der Waals surface area (Å²) >= 11 is 0. The zero-order valence-corrected chi connectivity index (χ0v) is 15.3. The lowest BCUT2D eigenvalue weighted by atomic mass is 10.1. The summed E-state index contributed by atoms with van der Waals surface area (Å²) in [6.45, 7) is 4.41. The van der Waals surface area contributed by atoms with Gasteiger partial charge in [0.05, 0.1) is 19.0 Å². The summed E-state index contributed by atoms with van der Waals surface area (Å²) in [6, 6.07) is 9.32. The first-order valence-electron chi connectivity index (χ1n) is 8.38. The number of carbonyl (C=O) groups is 1. The van der Waals surface area contributed by atoms with E-state index in [1.807, 2.05) is 44.3 Å². The van der Waals surface area contributed by atoms with Gasteiger partial charge in [-0.2, -0.15) is 5.10 Å². The molecule has 1 amide bonds. The minimum atomic E-state index is -0.185. The molecule has 7 heteroatoms. The van der Waals surface area contributed by atoms with Crippen LogP contribution in [0.15, 0.2) is 47.2 Å². The molecule has 0 bridgehead atoms. The van der Waals surface area contributed by atoms with Crippen molar-refractivity contribution < 1.29 is 14.1 Å². The molecule has 26 heavy (non-hydrogen) atoms. The molecule has 2 heterocycles. The molecule has 0 aliphatic rings. The van der Waals surface area contributed by atoms with Crippen LogP contribution < -0.4 is 4.74 Å². The van der Waals surface area contributed by atoms with Crippen molar-refractivity contribution in [2.45, 2.75) is 26.3 Å². The van der Waals surface area contributed by atoms with Gasteiger partial charge in [0.1, 0.15) is 11.5 Å². The molecule has 0 aliphatic carbocycles. The first-order chi connectivity index (χ1) is 12.5. The van der Waals surface area contributed by atoms with Crippen LogP contribution >= 0.6 is 0 Å². The van der Waals surface area contributed by atoms with Gasteiger partial charge >= 0.3 is 0 Å². The standard InChI is InChI=1S/C19H22N4O3/c1-13(2)18-9-17(21-26-18)19(24)22(3)11-14-10-20-23(12-14)15-6-5-7-16(8-15)25-4/h5-10,12-13H,11H2,1-4H3. The molecule has 0 unspecified atom stereocenters. The minimum Gasteiger partial charge on any atom is -0.497 e. The van der Waals surface area contributed by atoms with Crippen molar-refractivity contribution in [2.75, 3.05) is 14.2 Å². The molecule has 0 spiro atoms. The van der Waals surface area contributed by atoms with Gasteiger partial charge in [-0.3, -0.25) is 4.79 Å². The topological polar surface area (TPSA) is 73.4 Å². The van der Waals surface area contributed by atoms with E-state index >= 15 is 0 Å². The average Bonchev–Trinajstić information content (AvgIpc) is 3.31. The second-order valence-electron chi connectivity index (χ2n) is 6.43. The van der Waals surface area contributed by atoms with E-state index in [2.05, 4.69) is 10.3 Å². The van der Waals surface area contributed by atoms with Crippen LogP contribution in [-0.4, -0.2) is 39.9 Å². The van der Waals surface area contributed by atoms with Gasteiger partial charge in [-0.1, -0.05) is 25.1 Å². The number of aromatic nitrogens is 3. The van der Waals surface area contributed by atoms with Crippen LogP contribution in [0.3, 0.4) is 0 Å². The monoisotopic (exact) mass is 354 g/mol. The number of rotatable bonds is 6. The van der Waals surface area contributed by atoms with E-state index in [1.165, 1.54) is 0 Å². The van der Waals surface area contributed by atoms with Crippen LogP contribution in [-0.2, 0) is 6.54 Å². The zero-order chi connectivity index (χ0) is 18.7. The van der Waals surface area contributed by atoms with Gasteiger partial charge in [0.25, 0.3) is 5.91 Å². The number of hydrogen-bond donors (Lipinski definition) is 0. The van der Waals surface area contributed by atoms with Crippen LogP contribution in [0.1, 0.15) is 41.6 Å². The molecule has 2 aromatic heterocycles. The largest absolute Gasteiger partial charge is 0.497 e. The summed E-state index contributed by atoms with van der Waals surface area (Å²) < 4.78 is 12.2. The maximum Gasteiger partial charge on any atom is 0.276 e. The van der Waals surface area contributed by atoms with Crippen molar-refractivity contribution in [3.8, 4) is 11.4 Å². The van der Waals surface area contributed by atoms with Crippen LogP contribution in [0.5, 0.6) is 5.75 Å². The van der Waals surface area contributed by atoms with Gasteiger partial charge in [-0.25, -0.2) is 4.68 Å². The highest BCUT2D eigenvalue weighted by Crippen LogP contribution is 2.18. The third kappa shape index (κ3) is 3.77. The highest BCUT2D eigenvalue weighted by molar-refractivity contribution is 5.92. The Kier molecular flexibility index (Phi) is 5.06. The normalized spacial score (nSPS) is 11.0. The van der Waals surface area contributed by atoms with Crippen molar-refractivity contribution in [1.82, 2.24) is 19.8 Å². The second-order valence-corrected chi connectivity index (χ2v) is 6.43. The third-order valence-electron chi connectivity index (χ3n) is 4.04. The number of nitrogens with zero attached hydrogens (tertiary/aromatic N) is 4. The fourth-order valence-corrected chi connectivity index (χ4v) is 2.54. The molecule has 0 fully saturated rings. The summed E-state index contributed by atoms with van der Waals surface area (Å²) in [5.41, 5.74) is 2.12. The second kappa shape index (κ2) is 7.43. The number of carbonyl (C=O) groups excluding carboxylic acids is 1. The molecule has 0 aliphatic heterocycles. The quantitative estimate of drug-likeness (QED) is 0.679. The van der Waals surface area contributed by atoms with Crippen LogP contribution in [0.4, 0.5) is 0 Å². The maximum absolute atomic E-state index is 12.5. The summed E-state index contributed by atoms with van der Waals surface area (Å²) in [4.78, 5) is 14.1. The van der Waals surface area contributed by atoms with Crippen molar-refractivity contribution in [1.29, 1.82) is 0 Å². The zero-order valence-electron chi connectivity index (χ0n) is 15.3. The number of hydrogen-bond acceptors (Lipinski definition) is 5. The predicted molar refractivity (Wildman–Crippen MR) is 96.5 cm³/mol. The van der Waals surface area contributed by atoms with E-state index < -0.39 is 0 Å². The Labute approximate surface area is 152 Å². The van der Waals surface area contributed by atoms with E-state index in [9.17, 15) is 4.79 Å². The fourth-order valence-electron chi connectivity index (χ4n) is 2.54. The summed E-state index contributed by atoms with van der Waals surface area (Å²) in [5.74, 6) is 1.47. The number of ether oxygens (including phenoxy) is 1. The number of benzene rings is 1. The fraction of sp³-hybridized carbons (Fsp3) is 0.316. The first kappa shape index (κ1) is 17.7. The molecular weight excluding hydrogens is 332 g/mol. The van der Waals surface area contributed by atoms with Gasteiger partial charge in [0.2, 0.25) is 0 Å². The molecule has 0 saturated carbocycles. The van der Waals surface area contributed by atoms with Crippen molar-refractivity contribution in [2.24, 2.45) is 0 Å². The third-order valence-corrected chi connectivity index (χ3v) is 4.04. The van der Waals surface area contributed by atoms with Crippen molar-refractivity contribution in [3.63, 3.8) is 0 Å². The highest BCUT2D eigenvalue weighted by Gasteiger charge is 2.18. The van der Waals surface area contributed by atoms with E-state index in [-0.39, 0.29) is 11.8 Å². The van der Waals surface area contributed by atoms with Crippen LogP contribution in [0.25, 0.3) is 5.69 Å².